The molecule has 1 heterocycles. The van der Waals surface area contributed by atoms with Gasteiger partial charge in [-0.1, -0.05) is 20.3 Å². The van der Waals surface area contributed by atoms with Gasteiger partial charge in [0.2, 0.25) is 11.8 Å². The smallest absolute Gasteiger partial charge is 0.239 e. The Labute approximate surface area is 97.4 Å². The van der Waals surface area contributed by atoms with E-state index in [1.807, 2.05) is 0 Å². The Hall–Kier alpha value is -1.06. The molecule has 0 spiro atoms. The molecule has 0 aliphatic carbocycles. The molecular weight excluding hydrogens is 204 g/mol. The minimum absolute atomic E-state index is 0.0380. The van der Waals surface area contributed by atoms with Crippen molar-refractivity contribution in [3.8, 4) is 0 Å². The van der Waals surface area contributed by atoms with E-state index in [1.165, 1.54) is 0 Å². The summed E-state index contributed by atoms with van der Waals surface area (Å²) in [6.45, 7) is 5.75. The van der Waals surface area contributed by atoms with Crippen LogP contribution in [-0.4, -0.2) is 36.3 Å². The minimum atomic E-state index is -0.0380. The molecule has 0 atom stereocenters. The summed E-state index contributed by atoms with van der Waals surface area (Å²) in [5, 5.41) is 2.84. The highest BCUT2D eigenvalue weighted by molar-refractivity contribution is 5.84. The number of likely N-dealkylation sites (tertiary alicyclic amines) is 1. The van der Waals surface area contributed by atoms with E-state index in [2.05, 4.69) is 19.2 Å². The molecule has 4 heteroatoms. The highest BCUT2D eigenvalue weighted by atomic mass is 16.2. The van der Waals surface area contributed by atoms with Gasteiger partial charge < -0.3 is 10.2 Å². The second-order valence-corrected chi connectivity index (χ2v) is 4.82. The first-order valence-electron chi connectivity index (χ1n) is 6.14. The van der Waals surface area contributed by atoms with Gasteiger partial charge in [0, 0.05) is 19.5 Å². The quantitative estimate of drug-likeness (QED) is 0.782. The summed E-state index contributed by atoms with van der Waals surface area (Å²) in [6, 6.07) is 0. The van der Waals surface area contributed by atoms with Crippen LogP contribution in [0.4, 0.5) is 0 Å². The maximum Gasteiger partial charge on any atom is 0.239 e. The zero-order valence-electron chi connectivity index (χ0n) is 10.3. The molecule has 16 heavy (non-hydrogen) atoms. The van der Waals surface area contributed by atoms with Gasteiger partial charge in [0.15, 0.2) is 0 Å². The number of rotatable bonds is 4. The predicted molar refractivity (Wildman–Crippen MR) is 62.9 cm³/mol. The van der Waals surface area contributed by atoms with Crippen LogP contribution in [0.5, 0.6) is 0 Å². The van der Waals surface area contributed by atoms with Crippen LogP contribution in [-0.2, 0) is 9.59 Å². The van der Waals surface area contributed by atoms with Crippen LogP contribution in [0.15, 0.2) is 0 Å². The fourth-order valence-electron chi connectivity index (χ4n) is 1.75. The molecule has 1 saturated heterocycles. The van der Waals surface area contributed by atoms with E-state index in [9.17, 15) is 9.59 Å². The van der Waals surface area contributed by atoms with Crippen molar-refractivity contribution >= 4 is 11.8 Å². The number of hydrogen-bond donors (Lipinski definition) is 1. The molecule has 0 unspecified atom stereocenters. The van der Waals surface area contributed by atoms with E-state index in [4.69, 9.17) is 0 Å². The van der Waals surface area contributed by atoms with Crippen LogP contribution in [0.2, 0.25) is 0 Å². The third kappa shape index (κ3) is 4.64. The Kier molecular flexibility index (Phi) is 5.29. The summed E-state index contributed by atoms with van der Waals surface area (Å²) in [5.74, 6) is 0.532. The van der Waals surface area contributed by atoms with E-state index >= 15 is 0 Å². The van der Waals surface area contributed by atoms with E-state index in [-0.39, 0.29) is 18.4 Å². The van der Waals surface area contributed by atoms with Crippen LogP contribution >= 0.6 is 0 Å². The first kappa shape index (κ1) is 13.0. The Morgan fingerprint density at radius 2 is 2.12 bits per heavy atom. The molecule has 4 nitrogen and oxygen atoms in total. The van der Waals surface area contributed by atoms with Crippen LogP contribution in [0, 0.1) is 5.92 Å². The summed E-state index contributed by atoms with van der Waals surface area (Å²) in [5.41, 5.74) is 0. The summed E-state index contributed by atoms with van der Waals surface area (Å²) in [7, 11) is 0. The van der Waals surface area contributed by atoms with Gasteiger partial charge in [0.25, 0.3) is 0 Å². The zero-order valence-corrected chi connectivity index (χ0v) is 10.3. The standard InChI is InChI=1S/C12H22N2O2/c1-10(2)8-13-11(15)9-14-7-5-3-4-6-12(14)16/h10H,3-9H2,1-2H3,(H,13,15). The first-order chi connectivity index (χ1) is 7.59. The van der Waals surface area contributed by atoms with E-state index < -0.39 is 0 Å². The van der Waals surface area contributed by atoms with Crippen molar-refractivity contribution in [2.24, 2.45) is 5.92 Å². The minimum Gasteiger partial charge on any atom is -0.354 e. The van der Waals surface area contributed by atoms with Crippen LogP contribution in [0.3, 0.4) is 0 Å². The van der Waals surface area contributed by atoms with E-state index in [0.717, 1.165) is 25.8 Å². The molecular formula is C12H22N2O2. The third-order valence-corrected chi connectivity index (χ3v) is 2.71. The largest absolute Gasteiger partial charge is 0.354 e. The number of carbonyl (C=O) groups excluding carboxylic acids is 2. The first-order valence-corrected chi connectivity index (χ1v) is 6.14. The highest BCUT2D eigenvalue weighted by Crippen LogP contribution is 2.10. The molecule has 1 N–H and O–H groups in total. The average Bonchev–Trinajstić information content (AvgIpc) is 2.42. The van der Waals surface area contributed by atoms with Gasteiger partial charge in [0.05, 0.1) is 6.54 Å². The zero-order chi connectivity index (χ0) is 12.0. The van der Waals surface area contributed by atoms with Gasteiger partial charge in [-0.25, -0.2) is 0 Å². The van der Waals surface area contributed by atoms with Crippen molar-refractivity contribution in [2.45, 2.75) is 39.5 Å². The Bertz CT molecular complexity index is 251. The van der Waals surface area contributed by atoms with Crippen LogP contribution < -0.4 is 5.32 Å². The monoisotopic (exact) mass is 226 g/mol. The number of hydrogen-bond acceptors (Lipinski definition) is 2. The van der Waals surface area contributed by atoms with Gasteiger partial charge in [-0.2, -0.15) is 0 Å². The van der Waals surface area contributed by atoms with Crippen molar-refractivity contribution in [1.29, 1.82) is 0 Å². The summed E-state index contributed by atoms with van der Waals surface area (Å²) in [6.07, 6.45) is 3.67. The number of carbonyl (C=O) groups is 2. The maximum atomic E-state index is 11.6. The van der Waals surface area contributed by atoms with Gasteiger partial charge in [0.1, 0.15) is 0 Å². The lowest BCUT2D eigenvalue weighted by Gasteiger charge is -2.20. The van der Waals surface area contributed by atoms with Crippen molar-refractivity contribution in [1.82, 2.24) is 10.2 Å². The van der Waals surface area contributed by atoms with E-state index in [1.54, 1.807) is 4.90 Å². The molecule has 0 bridgehead atoms. The molecule has 1 aliphatic rings. The molecule has 2 amide bonds. The van der Waals surface area contributed by atoms with Crippen molar-refractivity contribution in [3.05, 3.63) is 0 Å². The van der Waals surface area contributed by atoms with Gasteiger partial charge in [-0.15, -0.1) is 0 Å². The fraction of sp³-hybridized carbons (Fsp3) is 0.833. The van der Waals surface area contributed by atoms with Gasteiger partial charge >= 0.3 is 0 Å². The molecule has 0 aromatic heterocycles. The summed E-state index contributed by atoms with van der Waals surface area (Å²) < 4.78 is 0. The molecule has 0 aromatic rings. The molecule has 1 rings (SSSR count). The molecule has 0 radical (unpaired) electrons. The lowest BCUT2D eigenvalue weighted by molar-refractivity contribution is -0.135. The van der Waals surface area contributed by atoms with Gasteiger partial charge in [-0.05, 0) is 18.8 Å². The number of amides is 2. The maximum absolute atomic E-state index is 11.6. The Morgan fingerprint density at radius 3 is 2.81 bits per heavy atom. The molecule has 1 aliphatic heterocycles. The topological polar surface area (TPSA) is 49.4 Å². The SMILES string of the molecule is CC(C)CNC(=O)CN1CCCCCC1=O. The lowest BCUT2D eigenvalue weighted by Crippen LogP contribution is -2.41. The van der Waals surface area contributed by atoms with Crippen molar-refractivity contribution in [3.63, 3.8) is 0 Å². The second-order valence-electron chi connectivity index (χ2n) is 4.82. The highest BCUT2D eigenvalue weighted by Gasteiger charge is 2.18. The normalized spacial score (nSPS) is 17.4. The molecule has 1 fully saturated rings. The fourth-order valence-corrected chi connectivity index (χ4v) is 1.75. The van der Waals surface area contributed by atoms with Crippen molar-refractivity contribution < 1.29 is 9.59 Å². The van der Waals surface area contributed by atoms with Gasteiger partial charge in [-0.3, -0.25) is 9.59 Å². The van der Waals surface area contributed by atoms with Crippen molar-refractivity contribution in [2.75, 3.05) is 19.6 Å². The lowest BCUT2D eigenvalue weighted by atomic mass is 10.2. The van der Waals surface area contributed by atoms with E-state index in [0.29, 0.717) is 18.9 Å². The molecule has 92 valence electrons. The predicted octanol–water partition coefficient (Wildman–Crippen LogP) is 1.16. The summed E-state index contributed by atoms with van der Waals surface area (Å²) in [4.78, 5) is 24.9. The Morgan fingerprint density at radius 1 is 1.38 bits per heavy atom. The second kappa shape index (κ2) is 6.51. The molecule has 0 saturated carbocycles. The molecule has 0 aromatic carbocycles. The Balaban J connectivity index is 2.33. The summed E-state index contributed by atoms with van der Waals surface area (Å²) >= 11 is 0. The number of nitrogens with one attached hydrogen (secondary N) is 1. The third-order valence-electron chi connectivity index (χ3n) is 2.71. The van der Waals surface area contributed by atoms with Crippen LogP contribution in [0.25, 0.3) is 0 Å². The average molecular weight is 226 g/mol. The number of nitrogens with zero attached hydrogens (tertiary/aromatic N) is 1. The van der Waals surface area contributed by atoms with Crippen LogP contribution in [0.1, 0.15) is 39.5 Å².